The van der Waals surface area contributed by atoms with E-state index in [4.69, 9.17) is 14.5 Å². The zero-order valence-corrected chi connectivity index (χ0v) is 40.8. The van der Waals surface area contributed by atoms with E-state index in [1.165, 1.54) is 63.2 Å². The Balaban J connectivity index is 1.20. The summed E-state index contributed by atoms with van der Waals surface area (Å²) in [6, 6.07) is 0. The minimum atomic E-state index is -1.09. The summed E-state index contributed by atoms with van der Waals surface area (Å²) in [5.74, 6) is -0.930. The Hall–Kier alpha value is -4.92. The van der Waals surface area contributed by atoms with Crippen LogP contribution in [0.15, 0.2) is 28.9 Å². The van der Waals surface area contributed by atoms with Crippen LogP contribution in [-0.2, 0) is 25.5 Å². The molecule has 0 radical (unpaired) electrons. The van der Waals surface area contributed by atoms with Gasteiger partial charge in [0.05, 0.1) is 13.0 Å². The first-order chi connectivity index (χ1) is 30.6. The molecule has 0 spiro atoms. The van der Waals surface area contributed by atoms with Gasteiger partial charge in [-0.25, -0.2) is 0 Å². The predicted molar refractivity (Wildman–Crippen MR) is 262 cm³/mol. The van der Waals surface area contributed by atoms with Crippen molar-refractivity contribution in [2.45, 2.75) is 152 Å². The highest BCUT2D eigenvalue weighted by molar-refractivity contribution is 6.19. The maximum atomic E-state index is 14.4. The number of methoxy groups -OCH3 is 1. The summed E-state index contributed by atoms with van der Waals surface area (Å²) in [4.78, 5) is 57.7. The first-order valence-corrected chi connectivity index (χ1v) is 24.3. The largest absolute Gasteiger partial charge is 0.468 e. The van der Waals surface area contributed by atoms with E-state index >= 15 is 0 Å². The standard InChI is InChI=1S/C55H76N4O5/c1-13-39-35(8)42-28-44-37(10)41(24-25-48(60)64-27-26-34(7)23-17-22-33(6)21-16-20-32(5)19-15-18-31(3)4)52(58-44)50-51(55(62)63-12)54(61)49-38(11)45(59-53(49)50)30-47-40(14-2)36(9)43(57-47)29-46(39)56-42/h13,26,28-33,37,41,50-51,56-57,59H,1,14-25,27H2,2-12H3/b34-26+,43-29-,44-28-,47-30-/t32-,33-,37+,41+,50?,51-/m1/s1. The maximum absolute atomic E-state index is 14.4. The van der Waals surface area contributed by atoms with Gasteiger partial charge in [-0.15, -0.1) is 0 Å². The molecule has 9 nitrogen and oxygen atoms in total. The van der Waals surface area contributed by atoms with E-state index in [9.17, 15) is 14.4 Å². The van der Waals surface area contributed by atoms with E-state index in [1.54, 1.807) is 0 Å². The van der Waals surface area contributed by atoms with Gasteiger partial charge in [0.2, 0.25) is 0 Å². The first-order valence-electron chi connectivity index (χ1n) is 24.3. The van der Waals surface area contributed by atoms with E-state index < -0.39 is 17.8 Å². The summed E-state index contributed by atoms with van der Waals surface area (Å²) in [5.41, 5.74) is 11.8. The lowest BCUT2D eigenvalue weighted by atomic mass is 9.78. The number of H-pyrrole nitrogens is 3. The van der Waals surface area contributed by atoms with Crippen LogP contribution in [0.5, 0.6) is 0 Å². The smallest absolute Gasteiger partial charge is 0.317 e. The van der Waals surface area contributed by atoms with E-state index in [0.717, 1.165) is 92.7 Å². The van der Waals surface area contributed by atoms with Gasteiger partial charge in [0.1, 0.15) is 12.5 Å². The number of aliphatic imine (C=N–C) groups is 1. The van der Waals surface area contributed by atoms with Crippen LogP contribution in [0.1, 0.15) is 186 Å². The summed E-state index contributed by atoms with van der Waals surface area (Å²) in [6.07, 6.45) is 23.0. The van der Waals surface area contributed by atoms with Gasteiger partial charge < -0.3 is 24.4 Å². The number of aromatic nitrogens is 3. The molecule has 2 aliphatic heterocycles. The minimum Gasteiger partial charge on any atom is -0.468 e. The average Bonchev–Trinajstić information content (AvgIpc) is 3.99. The van der Waals surface area contributed by atoms with Gasteiger partial charge in [-0.3, -0.25) is 19.4 Å². The molecular formula is C55H76N4O5. The van der Waals surface area contributed by atoms with Crippen molar-refractivity contribution in [3.05, 3.63) is 90.8 Å². The Morgan fingerprint density at radius 2 is 1.50 bits per heavy atom. The number of aromatic amines is 3. The summed E-state index contributed by atoms with van der Waals surface area (Å²) in [5, 5.41) is 1.95. The molecule has 6 atom stereocenters. The van der Waals surface area contributed by atoms with Crippen LogP contribution >= 0.6 is 0 Å². The van der Waals surface area contributed by atoms with Crippen molar-refractivity contribution >= 4 is 47.7 Å². The van der Waals surface area contributed by atoms with Crippen LogP contribution in [0.2, 0.25) is 0 Å². The summed E-state index contributed by atoms with van der Waals surface area (Å²) in [7, 11) is 1.33. The van der Waals surface area contributed by atoms with Gasteiger partial charge in [-0.1, -0.05) is 105 Å². The van der Waals surface area contributed by atoms with Crippen molar-refractivity contribution in [3.8, 4) is 0 Å². The van der Waals surface area contributed by atoms with E-state index in [-0.39, 0.29) is 36.6 Å². The van der Waals surface area contributed by atoms with Crippen LogP contribution in [0.25, 0.3) is 24.3 Å². The number of ketones is 1. The molecule has 5 heterocycles. The zero-order valence-electron chi connectivity index (χ0n) is 40.8. The molecule has 1 aliphatic carbocycles. The topological polar surface area (TPSA) is 129 Å². The van der Waals surface area contributed by atoms with Crippen molar-refractivity contribution in [2.24, 2.45) is 40.5 Å². The molecule has 8 bridgehead atoms. The molecule has 3 aliphatic rings. The Kier molecular flexibility index (Phi) is 16.2. The lowest BCUT2D eigenvalue weighted by Gasteiger charge is -2.24. The second kappa shape index (κ2) is 21.4. The number of ether oxygens (including phenoxy) is 2. The normalized spacial score (nSPS) is 22.0. The first kappa shape index (κ1) is 48.5. The van der Waals surface area contributed by atoms with Crippen molar-refractivity contribution in [1.29, 1.82) is 0 Å². The molecule has 1 unspecified atom stereocenters. The van der Waals surface area contributed by atoms with Crippen LogP contribution in [0, 0.1) is 56.3 Å². The number of nitrogens with zero attached hydrogens (tertiary/aromatic N) is 1. The van der Waals surface area contributed by atoms with Gasteiger partial charge in [-0.2, -0.15) is 0 Å². The number of hydrogen-bond acceptors (Lipinski definition) is 6. The van der Waals surface area contributed by atoms with Gasteiger partial charge >= 0.3 is 11.9 Å². The molecule has 6 rings (SSSR count). The van der Waals surface area contributed by atoms with Crippen LogP contribution < -0.4 is 10.7 Å². The average molecular weight is 873 g/mol. The van der Waals surface area contributed by atoms with Gasteiger partial charge in [0.25, 0.3) is 0 Å². The summed E-state index contributed by atoms with van der Waals surface area (Å²) >= 11 is 0. The third-order valence-corrected chi connectivity index (χ3v) is 14.7. The van der Waals surface area contributed by atoms with E-state index in [2.05, 4.69) is 102 Å². The Labute approximate surface area is 382 Å². The fraction of sp³-hybridized carbons (Fsp3) is 0.564. The predicted octanol–water partition coefficient (Wildman–Crippen LogP) is 11.3. The highest BCUT2D eigenvalue weighted by atomic mass is 16.5. The third kappa shape index (κ3) is 10.6. The van der Waals surface area contributed by atoms with E-state index in [1.807, 2.05) is 19.1 Å². The quantitative estimate of drug-likeness (QED) is 0.0591. The second-order valence-electron chi connectivity index (χ2n) is 19.8. The van der Waals surface area contributed by atoms with Crippen molar-refractivity contribution in [3.63, 3.8) is 0 Å². The number of nitrogens with one attached hydrogen (secondary N) is 3. The lowest BCUT2D eigenvalue weighted by Crippen LogP contribution is -2.33. The van der Waals surface area contributed by atoms with Crippen LogP contribution in [-0.4, -0.2) is 52.1 Å². The second-order valence-corrected chi connectivity index (χ2v) is 19.8. The number of hydrogen-bond donors (Lipinski definition) is 3. The van der Waals surface area contributed by atoms with E-state index in [0.29, 0.717) is 23.4 Å². The van der Waals surface area contributed by atoms with Crippen LogP contribution in [0.4, 0.5) is 0 Å². The fourth-order valence-corrected chi connectivity index (χ4v) is 10.6. The molecule has 64 heavy (non-hydrogen) atoms. The number of carbonyl (C=O) groups excluding carboxylic acids is 3. The highest BCUT2D eigenvalue weighted by Gasteiger charge is 2.53. The SMILES string of the molecule is C=Cc1c2[nH]c(c1C)/C=C1\N=C(C3c4[nH]c(c(C)c4C(=O)[C@@H]3C(=O)OC)/C=c3\[nH]/c(c(C)c3CC)=C\2)[C@@H](CCC(=O)OC/C=C(\C)CCC[C@H](C)CCC[C@H](C)CCCC(C)C)[C@@H]1C. The molecule has 0 fully saturated rings. The Morgan fingerprint density at radius 1 is 0.844 bits per heavy atom. The molecular weight excluding hydrogens is 797 g/mol. The molecule has 0 saturated carbocycles. The summed E-state index contributed by atoms with van der Waals surface area (Å²) < 4.78 is 11.1. The zero-order chi connectivity index (χ0) is 46.4. The number of Topliss-reactive ketones (excluding diaryl/α,β-unsaturated/α-hetero) is 1. The Bertz CT molecular complexity index is 2430. The molecule has 9 heteroatoms. The highest BCUT2D eigenvalue weighted by Crippen LogP contribution is 2.48. The van der Waals surface area contributed by atoms with Crippen molar-refractivity contribution < 1.29 is 23.9 Å². The van der Waals surface area contributed by atoms with Gasteiger partial charge in [0.15, 0.2) is 5.78 Å². The molecule has 0 aromatic carbocycles. The number of esters is 2. The summed E-state index contributed by atoms with van der Waals surface area (Å²) in [6.45, 7) is 26.4. The van der Waals surface area contributed by atoms with Gasteiger partial charge in [-0.05, 0) is 118 Å². The molecule has 0 saturated heterocycles. The Morgan fingerprint density at radius 3 is 2.16 bits per heavy atom. The lowest BCUT2D eigenvalue weighted by molar-refractivity contribution is -0.144. The number of fused-ring (bicyclic) bond motifs is 7. The molecule has 0 amide bonds. The third-order valence-electron chi connectivity index (χ3n) is 14.7. The number of allylic oxidation sites excluding steroid dienone is 2. The number of rotatable bonds is 20. The van der Waals surface area contributed by atoms with Crippen molar-refractivity contribution in [2.75, 3.05) is 13.7 Å². The molecule has 3 aromatic rings. The minimum absolute atomic E-state index is 0.122. The van der Waals surface area contributed by atoms with Crippen LogP contribution in [0.3, 0.4) is 0 Å². The monoisotopic (exact) mass is 873 g/mol. The van der Waals surface area contributed by atoms with Gasteiger partial charge in [0, 0.05) is 74.3 Å². The molecule has 346 valence electrons. The number of carbonyl (C=O) groups is 3. The van der Waals surface area contributed by atoms with Crippen molar-refractivity contribution in [1.82, 2.24) is 15.0 Å². The molecule has 3 N–H and O–H groups in total. The fourth-order valence-electron chi connectivity index (χ4n) is 10.6. The molecule has 3 aromatic heterocycles. The maximum Gasteiger partial charge on any atom is 0.317 e.